The fourth-order valence-electron chi connectivity index (χ4n) is 2.14. The van der Waals surface area contributed by atoms with Crippen LogP contribution in [0.2, 0.25) is 0 Å². The largest absolute Gasteiger partial charge is 0.320 e. The van der Waals surface area contributed by atoms with E-state index in [1.807, 2.05) is 6.07 Å². The van der Waals surface area contributed by atoms with E-state index in [1.165, 1.54) is 0 Å². The number of benzene rings is 1. The lowest BCUT2D eigenvalue weighted by Crippen LogP contribution is -1.97. The minimum atomic E-state index is -0.322. The van der Waals surface area contributed by atoms with Crippen LogP contribution in [0.5, 0.6) is 0 Å². The van der Waals surface area contributed by atoms with E-state index in [4.69, 9.17) is 5.73 Å². The van der Waals surface area contributed by atoms with Crippen LogP contribution in [0.3, 0.4) is 0 Å². The first-order valence-corrected chi connectivity index (χ1v) is 5.18. The smallest absolute Gasteiger partial charge is 0.272 e. The van der Waals surface area contributed by atoms with E-state index in [1.54, 1.807) is 12.1 Å². The van der Waals surface area contributed by atoms with Gasteiger partial charge in [0, 0.05) is 17.5 Å². The summed E-state index contributed by atoms with van der Waals surface area (Å²) < 4.78 is 0. The molecule has 2 N–H and O–H groups in total. The molecule has 0 aliphatic heterocycles. The van der Waals surface area contributed by atoms with Gasteiger partial charge in [-0.2, -0.15) is 0 Å². The summed E-state index contributed by atoms with van der Waals surface area (Å²) in [6, 6.07) is 5.20. The molecule has 16 heavy (non-hydrogen) atoms. The Hall–Kier alpha value is -1.86. The molecule has 1 atom stereocenters. The van der Waals surface area contributed by atoms with E-state index >= 15 is 0 Å². The van der Waals surface area contributed by atoms with Gasteiger partial charge in [0.25, 0.3) is 5.69 Å². The normalized spacial score (nSPS) is 17.4. The Bertz CT molecular complexity index is 486. The predicted octanol–water partition coefficient (Wildman–Crippen LogP) is 1.59. The molecule has 4 nitrogen and oxygen atoms in total. The van der Waals surface area contributed by atoms with E-state index in [9.17, 15) is 10.1 Å². The third kappa shape index (κ3) is 1.77. The molecule has 0 fully saturated rings. The molecule has 0 saturated carbocycles. The topological polar surface area (TPSA) is 69.2 Å². The Balaban J connectivity index is 2.41. The standard InChI is InChI=1S/C12H12N2O2/c13-8-2-3-9-6-7-11-10(9)4-1-5-12(11)14(15)16/h1,4-5,9H,6-8,13H2. The summed E-state index contributed by atoms with van der Waals surface area (Å²) in [5.74, 6) is 6.00. The number of nitro benzene ring substituents is 1. The second kappa shape index (κ2) is 4.33. The van der Waals surface area contributed by atoms with Gasteiger partial charge < -0.3 is 5.73 Å². The van der Waals surface area contributed by atoms with Crippen molar-refractivity contribution in [1.82, 2.24) is 0 Å². The molecule has 0 amide bonds. The monoisotopic (exact) mass is 216 g/mol. The zero-order valence-electron chi connectivity index (χ0n) is 8.77. The van der Waals surface area contributed by atoms with Crippen molar-refractivity contribution in [3.63, 3.8) is 0 Å². The van der Waals surface area contributed by atoms with E-state index in [-0.39, 0.29) is 16.5 Å². The summed E-state index contributed by atoms with van der Waals surface area (Å²) in [5, 5.41) is 10.8. The van der Waals surface area contributed by atoms with Crippen molar-refractivity contribution in [1.29, 1.82) is 0 Å². The summed E-state index contributed by atoms with van der Waals surface area (Å²) in [6.07, 6.45) is 1.59. The van der Waals surface area contributed by atoms with Gasteiger partial charge in [0.15, 0.2) is 0 Å². The zero-order valence-corrected chi connectivity index (χ0v) is 8.77. The Morgan fingerprint density at radius 3 is 3.06 bits per heavy atom. The summed E-state index contributed by atoms with van der Waals surface area (Å²) in [6.45, 7) is 0.334. The van der Waals surface area contributed by atoms with Crippen LogP contribution in [-0.2, 0) is 6.42 Å². The lowest BCUT2D eigenvalue weighted by molar-refractivity contribution is -0.385. The third-order valence-corrected chi connectivity index (χ3v) is 2.82. The molecule has 0 heterocycles. The van der Waals surface area contributed by atoms with Gasteiger partial charge in [-0.25, -0.2) is 0 Å². The molecule has 0 saturated heterocycles. The number of hydrogen-bond acceptors (Lipinski definition) is 3. The fraction of sp³-hybridized carbons (Fsp3) is 0.333. The molecule has 4 heteroatoms. The number of nitrogens with two attached hydrogens (primary N) is 1. The van der Waals surface area contributed by atoms with Gasteiger partial charge in [0.1, 0.15) is 0 Å². The number of nitrogens with zero attached hydrogens (tertiary/aromatic N) is 1. The Morgan fingerprint density at radius 1 is 1.56 bits per heavy atom. The van der Waals surface area contributed by atoms with Crippen LogP contribution in [0, 0.1) is 22.0 Å². The van der Waals surface area contributed by atoms with Crippen molar-refractivity contribution in [2.75, 3.05) is 6.54 Å². The number of hydrogen-bond donors (Lipinski definition) is 1. The molecule has 0 bridgehead atoms. The van der Waals surface area contributed by atoms with E-state index in [0.29, 0.717) is 6.54 Å². The van der Waals surface area contributed by atoms with Crippen molar-refractivity contribution in [2.45, 2.75) is 18.8 Å². The van der Waals surface area contributed by atoms with Gasteiger partial charge in [-0.3, -0.25) is 10.1 Å². The van der Waals surface area contributed by atoms with Crippen LogP contribution < -0.4 is 5.73 Å². The fourth-order valence-corrected chi connectivity index (χ4v) is 2.14. The van der Waals surface area contributed by atoms with Crippen molar-refractivity contribution in [3.8, 4) is 11.8 Å². The molecule has 0 aromatic heterocycles. The minimum Gasteiger partial charge on any atom is -0.320 e. The van der Waals surface area contributed by atoms with Crippen LogP contribution in [0.4, 0.5) is 5.69 Å². The molecular formula is C12H12N2O2. The van der Waals surface area contributed by atoms with E-state index < -0.39 is 0 Å². The number of nitro groups is 1. The highest BCUT2D eigenvalue weighted by atomic mass is 16.6. The van der Waals surface area contributed by atoms with Crippen molar-refractivity contribution in [3.05, 3.63) is 39.4 Å². The van der Waals surface area contributed by atoms with Crippen LogP contribution in [0.1, 0.15) is 23.5 Å². The quantitative estimate of drug-likeness (QED) is 0.440. The summed E-state index contributed by atoms with van der Waals surface area (Å²) in [7, 11) is 0. The molecule has 2 rings (SSSR count). The van der Waals surface area contributed by atoms with Crippen LogP contribution in [-0.4, -0.2) is 11.5 Å². The van der Waals surface area contributed by atoms with Crippen molar-refractivity contribution >= 4 is 5.69 Å². The average Bonchev–Trinajstić information content (AvgIpc) is 2.69. The maximum Gasteiger partial charge on any atom is 0.272 e. The summed E-state index contributed by atoms with van der Waals surface area (Å²) >= 11 is 0. The molecule has 0 spiro atoms. The van der Waals surface area contributed by atoms with Crippen molar-refractivity contribution in [2.24, 2.45) is 5.73 Å². The SMILES string of the molecule is NCC#CC1CCc2c1cccc2[N+](=O)[O-]. The zero-order chi connectivity index (χ0) is 11.5. The van der Waals surface area contributed by atoms with Crippen LogP contribution >= 0.6 is 0 Å². The molecule has 1 aliphatic rings. The van der Waals surface area contributed by atoms with E-state index in [0.717, 1.165) is 24.0 Å². The highest BCUT2D eigenvalue weighted by Gasteiger charge is 2.27. The number of rotatable bonds is 1. The maximum atomic E-state index is 10.8. The first-order valence-electron chi connectivity index (χ1n) is 5.18. The van der Waals surface area contributed by atoms with Gasteiger partial charge in [0.05, 0.1) is 11.5 Å². The first-order chi connectivity index (χ1) is 7.74. The molecule has 1 unspecified atom stereocenters. The van der Waals surface area contributed by atoms with Gasteiger partial charge >= 0.3 is 0 Å². The van der Waals surface area contributed by atoms with Gasteiger partial charge in [-0.1, -0.05) is 24.0 Å². The highest BCUT2D eigenvalue weighted by Crippen LogP contribution is 2.37. The van der Waals surface area contributed by atoms with E-state index in [2.05, 4.69) is 11.8 Å². The first kappa shape index (κ1) is 10.7. The Kier molecular flexibility index (Phi) is 2.88. The van der Waals surface area contributed by atoms with Crippen molar-refractivity contribution < 1.29 is 4.92 Å². The highest BCUT2D eigenvalue weighted by molar-refractivity contribution is 5.51. The molecule has 1 aromatic carbocycles. The lowest BCUT2D eigenvalue weighted by atomic mass is 10.0. The summed E-state index contributed by atoms with van der Waals surface area (Å²) in [4.78, 5) is 10.5. The van der Waals surface area contributed by atoms with Gasteiger partial charge in [-0.15, -0.1) is 0 Å². The lowest BCUT2D eigenvalue weighted by Gasteiger charge is -2.03. The second-order valence-corrected chi connectivity index (χ2v) is 3.72. The predicted molar refractivity (Wildman–Crippen MR) is 61.0 cm³/mol. The average molecular weight is 216 g/mol. The maximum absolute atomic E-state index is 10.8. The van der Waals surface area contributed by atoms with Gasteiger partial charge in [-0.05, 0) is 18.4 Å². The molecule has 0 radical (unpaired) electrons. The van der Waals surface area contributed by atoms with Gasteiger partial charge in [0.2, 0.25) is 0 Å². The van der Waals surface area contributed by atoms with Crippen LogP contribution in [0.15, 0.2) is 18.2 Å². The summed E-state index contributed by atoms with van der Waals surface area (Å²) in [5.41, 5.74) is 7.37. The Labute approximate surface area is 93.6 Å². The second-order valence-electron chi connectivity index (χ2n) is 3.72. The minimum absolute atomic E-state index is 0.110. The third-order valence-electron chi connectivity index (χ3n) is 2.82. The molecule has 1 aliphatic carbocycles. The molecular weight excluding hydrogens is 204 g/mol. The number of fused-ring (bicyclic) bond motifs is 1. The molecule has 82 valence electrons. The molecule has 1 aromatic rings. The Morgan fingerprint density at radius 2 is 2.38 bits per heavy atom. The van der Waals surface area contributed by atoms with Crippen LogP contribution in [0.25, 0.3) is 0 Å².